The van der Waals surface area contributed by atoms with Gasteiger partial charge in [-0.1, -0.05) is 5.16 Å². The minimum Gasteiger partial charge on any atom is -0.480 e. The standard InChI is InChI=1S/C12H19N3O5/c1-6(10-7(2)15-20-8(10)3)13-12(19)14-9(4-5-16)11(17)18/h6,9,16H,4-5H2,1-3H3,(H,17,18)(H2,13,14,19). The number of carboxylic acids is 1. The molecule has 8 nitrogen and oxygen atoms in total. The largest absolute Gasteiger partial charge is 0.480 e. The van der Waals surface area contributed by atoms with E-state index in [4.69, 9.17) is 14.7 Å². The molecule has 0 aliphatic heterocycles. The molecule has 0 aliphatic carbocycles. The molecule has 0 fully saturated rings. The molecule has 0 bridgehead atoms. The number of hydrogen-bond donors (Lipinski definition) is 4. The lowest BCUT2D eigenvalue weighted by Crippen LogP contribution is -2.47. The van der Waals surface area contributed by atoms with Gasteiger partial charge in [-0.15, -0.1) is 0 Å². The summed E-state index contributed by atoms with van der Waals surface area (Å²) in [5, 5.41) is 26.3. The van der Waals surface area contributed by atoms with Crippen LogP contribution in [0.4, 0.5) is 4.79 Å². The van der Waals surface area contributed by atoms with Crippen LogP contribution in [0.5, 0.6) is 0 Å². The zero-order valence-corrected chi connectivity index (χ0v) is 11.6. The van der Waals surface area contributed by atoms with Crippen molar-refractivity contribution in [3.8, 4) is 0 Å². The van der Waals surface area contributed by atoms with Crippen LogP contribution < -0.4 is 10.6 Å². The predicted octanol–water partition coefficient (Wildman–Crippen LogP) is 0.487. The first-order valence-electron chi connectivity index (χ1n) is 6.20. The van der Waals surface area contributed by atoms with Crippen molar-refractivity contribution < 1.29 is 24.3 Å². The van der Waals surface area contributed by atoms with Crippen molar-refractivity contribution in [2.24, 2.45) is 0 Å². The Balaban J connectivity index is 2.64. The van der Waals surface area contributed by atoms with Crippen molar-refractivity contribution in [1.29, 1.82) is 0 Å². The van der Waals surface area contributed by atoms with E-state index in [0.29, 0.717) is 11.5 Å². The van der Waals surface area contributed by atoms with E-state index in [0.717, 1.165) is 5.56 Å². The fourth-order valence-electron chi connectivity index (χ4n) is 1.96. The Hall–Kier alpha value is -2.09. The number of aliphatic carboxylic acids is 1. The zero-order chi connectivity index (χ0) is 15.3. The summed E-state index contributed by atoms with van der Waals surface area (Å²) in [5.74, 6) is -0.598. The van der Waals surface area contributed by atoms with Gasteiger partial charge in [0.25, 0.3) is 0 Å². The number of urea groups is 1. The van der Waals surface area contributed by atoms with Gasteiger partial charge in [-0.2, -0.15) is 0 Å². The number of aliphatic hydroxyl groups is 1. The maximum absolute atomic E-state index is 11.7. The van der Waals surface area contributed by atoms with Crippen LogP contribution in [0.25, 0.3) is 0 Å². The second-order valence-corrected chi connectivity index (χ2v) is 4.48. The Morgan fingerprint density at radius 2 is 2.00 bits per heavy atom. The van der Waals surface area contributed by atoms with Crippen LogP contribution in [0.2, 0.25) is 0 Å². The van der Waals surface area contributed by atoms with Gasteiger partial charge in [0.1, 0.15) is 11.8 Å². The first-order valence-corrected chi connectivity index (χ1v) is 6.20. The third-order valence-electron chi connectivity index (χ3n) is 2.89. The zero-order valence-electron chi connectivity index (χ0n) is 11.6. The summed E-state index contributed by atoms with van der Waals surface area (Å²) in [6, 6.07) is -2.12. The summed E-state index contributed by atoms with van der Waals surface area (Å²) in [5.41, 5.74) is 1.43. The minimum atomic E-state index is -1.20. The van der Waals surface area contributed by atoms with Crippen LogP contribution >= 0.6 is 0 Å². The molecule has 1 aromatic heterocycles. The minimum absolute atomic E-state index is 0.0531. The highest BCUT2D eigenvalue weighted by Gasteiger charge is 2.22. The van der Waals surface area contributed by atoms with E-state index in [1.807, 2.05) is 0 Å². The van der Waals surface area contributed by atoms with Crippen molar-refractivity contribution in [3.05, 3.63) is 17.0 Å². The molecule has 0 saturated heterocycles. The van der Waals surface area contributed by atoms with Crippen LogP contribution in [-0.4, -0.2) is 40.0 Å². The molecule has 2 amide bonds. The van der Waals surface area contributed by atoms with Gasteiger partial charge in [0.05, 0.1) is 11.7 Å². The summed E-state index contributed by atoms with van der Waals surface area (Å²) < 4.78 is 5.01. The fraction of sp³-hybridized carbons (Fsp3) is 0.583. The Morgan fingerprint density at radius 3 is 2.45 bits per heavy atom. The lowest BCUT2D eigenvalue weighted by atomic mass is 10.1. The van der Waals surface area contributed by atoms with Crippen molar-refractivity contribution in [3.63, 3.8) is 0 Å². The summed E-state index contributed by atoms with van der Waals surface area (Å²) >= 11 is 0. The van der Waals surface area contributed by atoms with Gasteiger partial charge in [-0.05, 0) is 20.8 Å². The molecule has 0 saturated carbocycles. The number of hydrogen-bond acceptors (Lipinski definition) is 5. The van der Waals surface area contributed by atoms with Crippen LogP contribution in [0, 0.1) is 13.8 Å². The predicted molar refractivity (Wildman–Crippen MR) is 69.2 cm³/mol. The molecule has 0 aromatic carbocycles. The molecule has 1 rings (SSSR count). The number of rotatable bonds is 6. The van der Waals surface area contributed by atoms with E-state index in [2.05, 4.69) is 15.8 Å². The lowest BCUT2D eigenvalue weighted by Gasteiger charge is -2.17. The van der Waals surface area contributed by atoms with Crippen molar-refractivity contribution >= 4 is 12.0 Å². The highest BCUT2D eigenvalue weighted by atomic mass is 16.5. The molecule has 0 aliphatic rings. The van der Waals surface area contributed by atoms with Crippen molar-refractivity contribution in [2.45, 2.75) is 39.3 Å². The van der Waals surface area contributed by atoms with Crippen LogP contribution in [0.1, 0.15) is 36.4 Å². The number of nitrogens with zero attached hydrogens (tertiary/aromatic N) is 1. The molecule has 0 radical (unpaired) electrons. The highest BCUT2D eigenvalue weighted by Crippen LogP contribution is 2.20. The number of aryl methyl sites for hydroxylation is 2. The third kappa shape index (κ3) is 3.95. The molecular formula is C12H19N3O5. The molecule has 20 heavy (non-hydrogen) atoms. The number of amides is 2. The molecule has 1 aromatic rings. The fourth-order valence-corrected chi connectivity index (χ4v) is 1.96. The number of carbonyl (C=O) groups excluding carboxylic acids is 1. The maximum Gasteiger partial charge on any atom is 0.326 e. The first kappa shape index (κ1) is 16.0. The second kappa shape index (κ2) is 6.90. The molecule has 0 spiro atoms. The summed E-state index contributed by atoms with van der Waals surface area (Å²) in [6.07, 6.45) is -0.0531. The van der Waals surface area contributed by atoms with Crippen molar-refractivity contribution in [2.75, 3.05) is 6.61 Å². The lowest BCUT2D eigenvalue weighted by molar-refractivity contribution is -0.139. The Labute approximate surface area is 116 Å². The number of nitrogens with one attached hydrogen (secondary N) is 2. The number of carbonyl (C=O) groups is 2. The molecule has 8 heteroatoms. The summed E-state index contributed by atoms with van der Waals surface area (Å²) in [7, 11) is 0. The summed E-state index contributed by atoms with van der Waals surface area (Å²) in [4.78, 5) is 22.6. The van der Waals surface area contributed by atoms with Gasteiger partial charge >= 0.3 is 12.0 Å². The van der Waals surface area contributed by atoms with E-state index >= 15 is 0 Å². The van der Waals surface area contributed by atoms with Crippen LogP contribution in [0.15, 0.2) is 4.52 Å². The Bertz CT molecular complexity index is 466. The monoisotopic (exact) mass is 285 g/mol. The van der Waals surface area contributed by atoms with E-state index in [1.165, 1.54) is 0 Å². The van der Waals surface area contributed by atoms with Gasteiger partial charge in [0.2, 0.25) is 0 Å². The molecular weight excluding hydrogens is 266 g/mol. The molecule has 4 N–H and O–H groups in total. The summed E-state index contributed by atoms with van der Waals surface area (Å²) in [6.45, 7) is 4.91. The normalized spacial score (nSPS) is 13.6. The van der Waals surface area contributed by atoms with E-state index in [-0.39, 0.29) is 19.1 Å². The Morgan fingerprint density at radius 1 is 1.35 bits per heavy atom. The van der Waals surface area contributed by atoms with E-state index in [9.17, 15) is 9.59 Å². The Kier molecular flexibility index (Phi) is 5.51. The SMILES string of the molecule is Cc1noc(C)c1C(C)NC(=O)NC(CCO)C(=O)O. The smallest absolute Gasteiger partial charge is 0.326 e. The third-order valence-corrected chi connectivity index (χ3v) is 2.89. The average molecular weight is 285 g/mol. The number of aromatic nitrogens is 1. The maximum atomic E-state index is 11.7. The van der Waals surface area contributed by atoms with Crippen LogP contribution in [0.3, 0.4) is 0 Å². The van der Waals surface area contributed by atoms with Crippen molar-refractivity contribution in [1.82, 2.24) is 15.8 Å². The average Bonchev–Trinajstić information content (AvgIpc) is 2.68. The van der Waals surface area contributed by atoms with E-state index in [1.54, 1.807) is 20.8 Å². The molecule has 112 valence electrons. The topological polar surface area (TPSA) is 125 Å². The van der Waals surface area contributed by atoms with Gasteiger partial charge in [0.15, 0.2) is 0 Å². The van der Waals surface area contributed by atoms with Gasteiger partial charge in [-0.25, -0.2) is 9.59 Å². The number of carboxylic acid groups (broad SMARTS) is 1. The molecule has 2 atom stereocenters. The first-order chi connectivity index (χ1) is 9.36. The van der Waals surface area contributed by atoms with Gasteiger partial charge < -0.3 is 25.4 Å². The second-order valence-electron chi connectivity index (χ2n) is 4.48. The highest BCUT2D eigenvalue weighted by molar-refractivity contribution is 5.82. The van der Waals surface area contributed by atoms with E-state index < -0.39 is 18.0 Å². The van der Waals surface area contributed by atoms with Gasteiger partial charge in [-0.3, -0.25) is 0 Å². The molecule has 1 heterocycles. The molecule has 2 unspecified atom stereocenters. The van der Waals surface area contributed by atoms with Gasteiger partial charge in [0, 0.05) is 18.6 Å². The number of aliphatic hydroxyl groups excluding tert-OH is 1. The quantitative estimate of drug-likeness (QED) is 0.602. The van der Waals surface area contributed by atoms with Crippen LogP contribution in [-0.2, 0) is 4.79 Å².